The Morgan fingerprint density at radius 1 is 1.55 bits per heavy atom. The first kappa shape index (κ1) is 14.5. The van der Waals surface area contributed by atoms with Crippen LogP contribution in [-0.2, 0) is 4.79 Å². The van der Waals surface area contributed by atoms with Gasteiger partial charge in [0.25, 0.3) is 11.6 Å². The summed E-state index contributed by atoms with van der Waals surface area (Å²) in [6.45, 7) is 3.06. The molecule has 110 valence electrons. The molecule has 0 unspecified atom stereocenters. The van der Waals surface area contributed by atoms with Gasteiger partial charge in [-0.25, -0.2) is 0 Å². The van der Waals surface area contributed by atoms with Crippen molar-refractivity contribution in [2.45, 2.75) is 38.2 Å². The first-order valence-electron chi connectivity index (χ1n) is 5.84. The van der Waals surface area contributed by atoms with Crippen LogP contribution >= 0.6 is 0 Å². The van der Waals surface area contributed by atoms with E-state index in [0.29, 0.717) is 5.69 Å². The van der Waals surface area contributed by atoms with E-state index in [0.717, 1.165) is 6.21 Å². The van der Waals surface area contributed by atoms with Crippen LogP contribution in [-0.4, -0.2) is 43.9 Å². The molecule has 2 heterocycles. The van der Waals surface area contributed by atoms with Crippen molar-refractivity contribution in [1.82, 2.24) is 14.8 Å². The highest BCUT2D eigenvalue weighted by Crippen LogP contribution is 2.39. The van der Waals surface area contributed by atoms with Crippen LogP contribution in [0.25, 0.3) is 0 Å². The summed E-state index contributed by atoms with van der Waals surface area (Å²) in [5, 5.41) is 17.0. The molecule has 0 fully saturated rings. The van der Waals surface area contributed by atoms with Crippen molar-refractivity contribution in [3.05, 3.63) is 18.0 Å². The number of hydrogen-bond donors (Lipinski definition) is 1. The van der Waals surface area contributed by atoms with Gasteiger partial charge in [-0.05, 0) is 19.9 Å². The molecule has 2 atom stereocenters. The van der Waals surface area contributed by atoms with Crippen LogP contribution in [0.1, 0.15) is 25.1 Å². The largest absolute Gasteiger partial charge is 0.438 e. The van der Waals surface area contributed by atoms with Crippen LogP contribution in [0.15, 0.2) is 17.4 Å². The van der Waals surface area contributed by atoms with Gasteiger partial charge in [-0.2, -0.15) is 28.4 Å². The molecule has 9 heteroatoms. The Kier molecular flexibility index (Phi) is 3.32. The van der Waals surface area contributed by atoms with Gasteiger partial charge in [-0.1, -0.05) is 0 Å². The van der Waals surface area contributed by atoms with Gasteiger partial charge in [-0.3, -0.25) is 9.48 Å². The van der Waals surface area contributed by atoms with Crippen molar-refractivity contribution in [2.75, 3.05) is 0 Å². The minimum atomic E-state index is -4.99. The average Bonchev–Trinajstić information content (AvgIpc) is 2.93. The molecule has 0 aliphatic carbocycles. The Morgan fingerprint density at radius 3 is 2.70 bits per heavy atom. The molecule has 6 nitrogen and oxygen atoms in total. The van der Waals surface area contributed by atoms with Gasteiger partial charge in [0.2, 0.25) is 0 Å². The predicted octanol–water partition coefficient (Wildman–Crippen LogP) is 1.22. The molecule has 1 aromatic rings. The second-order valence-corrected chi connectivity index (χ2v) is 4.56. The number of nitrogens with zero attached hydrogens (tertiary/aromatic N) is 4. The van der Waals surface area contributed by atoms with E-state index in [1.807, 2.05) is 0 Å². The molecule has 1 N–H and O–H groups in total. The zero-order chi connectivity index (χ0) is 15.1. The minimum absolute atomic E-state index is 0.0821. The van der Waals surface area contributed by atoms with E-state index < -0.39 is 30.3 Å². The Bertz CT molecular complexity index is 554. The summed E-state index contributed by atoms with van der Waals surface area (Å²) in [7, 11) is 0. The molecule has 1 amide bonds. The number of hydrazone groups is 1. The number of amides is 1. The van der Waals surface area contributed by atoms with Crippen LogP contribution in [0.4, 0.5) is 13.2 Å². The Balaban J connectivity index is 2.29. The van der Waals surface area contributed by atoms with Crippen molar-refractivity contribution in [3.8, 4) is 0 Å². The topological polar surface area (TPSA) is 70.7 Å². The fourth-order valence-electron chi connectivity index (χ4n) is 1.97. The average molecular weight is 290 g/mol. The molecule has 0 spiro atoms. The molecular formula is C11H13F3N4O2. The molecule has 0 radical (unpaired) electrons. The van der Waals surface area contributed by atoms with E-state index in [1.165, 1.54) is 17.8 Å². The number of aromatic nitrogens is 2. The van der Waals surface area contributed by atoms with Crippen LogP contribution in [0.5, 0.6) is 0 Å². The van der Waals surface area contributed by atoms with E-state index in [1.54, 1.807) is 13.0 Å². The second kappa shape index (κ2) is 4.58. The Labute approximate surface area is 112 Å². The number of aliphatic hydroxyl groups is 1. The van der Waals surface area contributed by atoms with Crippen LogP contribution in [0, 0.1) is 6.92 Å². The lowest BCUT2D eigenvalue weighted by Crippen LogP contribution is -2.57. The fraction of sp³-hybridized carbons (Fsp3) is 0.545. The lowest BCUT2D eigenvalue weighted by Gasteiger charge is -2.34. The molecule has 20 heavy (non-hydrogen) atoms. The normalized spacial score (nSPS) is 24.2. The predicted molar refractivity (Wildman–Crippen MR) is 62.6 cm³/mol. The van der Waals surface area contributed by atoms with Crippen molar-refractivity contribution < 1.29 is 23.1 Å². The summed E-state index contributed by atoms with van der Waals surface area (Å²) >= 11 is 0. The van der Waals surface area contributed by atoms with Crippen molar-refractivity contribution in [3.63, 3.8) is 0 Å². The molecule has 1 aromatic heterocycles. The highest BCUT2D eigenvalue weighted by molar-refractivity contribution is 5.83. The van der Waals surface area contributed by atoms with Gasteiger partial charge in [0, 0.05) is 24.5 Å². The van der Waals surface area contributed by atoms with Gasteiger partial charge in [0.1, 0.15) is 6.04 Å². The lowest BCUT2D eigenvalue weighted by atomic mass is 10.1. The van der Waals surface area contributed by atoms with E-state index in [9.17, 15) is 23.1 Å². The molecule has 1 aliphatic heterocycles. The highest BCUT2D eigenvalue weighted by Gasteiger charge is 2.62. The zero-order valence-corrected chi connectivity index (χ0v) is 10.8. The standard InChI is InChI=1S/C11H13F3N4O2/c1-7-3-5-15-17(7)8(2)9(19)18-10(20,4-6-16-18)11(12,13)14/h3,5-6,8,20H,4H2,1-2H3/t8-,10+/m0/s1. The summed E-state index contributed by atoms with van der Waals surface area (Å²) in [6, 6.07) is 0.613. The van der Waals surface area contributed by atoms with Crippen LogP contribution in [0.3, 0.4) is 0 Å². The fourth-order valence-corrected chi connectivity index (χ4v) is 1.97. The van der Waals surface area contributed by atoms with Crippen molar-refractivity contribution in [2.24, 2.45) is 5.10 Å². The molecule has 2 rings (SSSR count). The number of hydrogen-bond acceptors (Lipinski definition) is 4. The van der Waals surface area contributed by atoms with Gasteiger partial charge >= 0.3 is 6.18 Å². The molecular weight excluding hydrogens is 277 g/mol. The van der Waals surface area contributed by atoms with E-state index in [-0.39, 0.29) is 5.01 Å². The highest BCUT2D eigenvalue weighted by atomic mass is 19.4. The third kappa shape index (κ3) is 2.07. The van der Waals surface area contributed by atoms with Crippen molar-refractivity contribution >= 4 is 12.1 Å². The Morgan fingerprint density at radius 2 is 2.20 bits per heavy atom. The summed E-state index contributed by atoms with van der Waals surface area (Å²) in [5.41, 5.74) is -2.68. The van der Waals surface area contributed by atoms with E-state index in [4.69, 9.17) is 0 Å². The van der Waals surface area contributed by atoms with Gasteiger partial charge in [0.15, 0.2) is 0 Å². The third-order valence-electron chi connectivity index (χ3n) is 3.18. The minimum Gasteiger partial charge on any atom is -0.362 e. The quantitative estimate of drug-likeness (QED) is 0.890. The lowest BCUT2D eigenvalue weighted by molar-refractivity contribution is -0.302. The van der Waals surface area contributed by atoms with E-state index >= 15 is 0 Å². The Hall–Kier alpha value is -1.90. The summed E-state index contributed by atoms with van der Waals surface area (Å²) in [5.74, 6) is -0.981. The molecule has 0 saturated heterocycles. The monoisotopic (exact) mass is 290 g/mol. The SMILES string of the molecule is Cc1ccnn1[C@@H](C)C(=O)N1N=CC[C@@]1(O)C(F)(F)F. The number of carbonyl (C=O) groups excluding carboxylic acids is 1. The summed E-state index contributed by atoms with van der Waals surface area (Å²) < 4.78 is 40.0. The summed E-state index contributed by atoms with van der Waals surface area (Å²) in [6.07, 6.45) is -3.47. The third-order valence-corrected chi connectivity index (χ3v) is 3.18. The smallest absolute Gasteiger partial charge is 0.362 e. The van der Waals surface area contributed by atoms with Crippen LogP contribution < -0.4 is 0 Å². The van der Waals surface area contributed by atoms with Crippen LogP contribution in [0.2, 0.25) is 0 Å². The number of rotatable bonds is 2. The zero-order valence-electron chi connectivity index (χ0n) is 10.8. The van der Waals surface area contributed by atoms with Gasteiger partial charge in [0.05, 0.1) is 0 Å². The second-order valence-electron chi connectivity index (χ2n) is 4.56. The van der Waals surface area contributed by atoms with Crippen molar-refractivity contribution in [1.29, 1.82) is 0 Å². The molecule has 0 saturated carbocycles. The molecule has 1 aliphatic rings. The maximum Gasteiger partial charge on any atom is 0.438 e. The summed E-state index contributed by atoms with van der Waals surface area (Å²) in [4.78, 5) is 12.1. The number of halogens is 3. The first-order chi connectivity index (χ1) is 9.18. The van der Waals surface area contributed by atoms with E-state index in [2.05, 4.69) is 10.2 Å². The molecule has 0 aromatic carbocycles. The maximum atomic E-state index is 12.9. The molecule has 0 bridgehead atoms. The number of aryl methyl sites for hydroxylation is 1. The van der Waals surface area contributed by atoms with Gasteiger partial charge in [-0.15, -0.1) is 0 Å². The maximum absolute atomic E-state index is 12.9. The first-order valence-corrected chi connectivity index (χ1v) is 5.84. The number of carbonyl (C=O) groups is 1. The van der Waals surface area contributed by atoms with Gasteiger partial charge < -0.3 is 5.11 Å². The number of alkyl halides is 3.